The second kappa shape index (κ2) is 29.1. The van der Waals surface area contributed by atoms with Crippen molar-refractivity contribution in [1.82, 2.24) is 0 Å². The van der Waals surface area contributed by atoms with Crippen molar-refractivity contribution in [1.29, 1.82) is 0 Å². The van der Waals surface area contributed by atoms with Gasteiger partial charge in [0.05, 0.1) is 11.4 Å². The number of hydrogen-bond donors (Lipinski definition) is 0. The van der Waals surface area contributed by atoms with E-state index >= 15 is 0 Å². The van der Waals surface area contributed by atoms with Crippen LogP contribution >= 0.6 is 22.7 Å². The number of benzene rings is 18. The molecule has 127 heavy (non-hydrogen) atoms. The smallest absolute Gasteiger partial charge is 0.252 e. The molecular weight excluding hydrogens is 1580 g/mol. The molecule has 606 valence electrons. The van der Waals surface area contributed by atoms with Gasteiger partial charge in [-0.1, -0.05) is 317 Å². The Morgan fingerprint density at radius 2 is 0.551 bits per heavy atom. The summed E-state index contributed by atoms with van der Waals surface area (Å²) in [6, 6.07) is 143. The van der Waals surface area contributed by atoms with Crippen LogP contribution < -0.4 is 26.2 Å². The molecule has 7 heteroatoms. The third-order valence-electron chi connectivity index (χ3n) is 26.9. The van der Waals surface area contributed by atoms with E-state index in [1.165, 1.54) is 95.7 Å². The molecule has 0 amide bonds. The number of anilines is 6. The van der Waals surface area contributed by atoms with E-state index in [4.69, 9.17) is 8.83 Å². The van der Waals surface area contributed by atoms with Gasteiger partial charge in [-0.25, -0.2) is 0 Å². The molecule has 0 atom stereocenters. The lowest BCUT2D eigenvalue weighted by Crippen LogP contribution is -2.61. The Bertz CT molecular complexity index is 7940. The van der Waals surface area contributed by atoms with Crippen LogP contribution in [0.5, 0.6) is 0 Å². The summed E-state index contributed by atoms with van der Waals surface area (Å²) in [7, 11) is 0. The van der Waals surface area contributed by atoms with Gasteiger partial charge in [-0.2, -0.15) is 0 Å². The molecule has 4 nitrogen and oxygen atoms in total. The van der Waals surface area contributed by atoms with Gasteiger partial charge in [0.1, 0.15) is 22.3 Å². The molecule has 4 aromatic heterocycles. The van der Waals surface area contributed by atoms with E-state index in [9.17, 15) is 0 Å². The maximum Gasteiger partial charge on any atom is 0.252 e. The van der Waals surface area contributed by atoms with Crippen LogP contribution in [0.15, 0.2) is 385 Å². The van der Waals surface area contributed by atoms with Gasteiger partial charge in [0, 0.05) is 107 Å². The van der Waals surface area contributed by atoms with Crippen LogP contribution in [0.3, 0.4) is 0 Å². The van der Waals surface area contributed by atoms with Crippen LogP contribution in [0.4, 0.5) is 34.1 Å². The van der Waals surface area contributed by atoms with Crippen molar-refractivity contribution in [2.75, 3.05) is 9.80 Å². The Kier molecular flexibility index (Phi) is 17.5. The zero-order chi connectivity index (χ0) is 85.5. The number of rotatable bonds is 11. The fourth-order valence-electron chi connectivity index (χ4n) is 20.6. The quantitative estimate of drug-likeness (QED) is 0.121. The summed E-state index contributed by atoms with van der Waals surface area (Å²) in [4.78, 5) is 5.53. The first-order valence-corrected chi connectivity index (χ1v) is 46.0. The average Bonchev–Trinajstić information content (AvgIpc) is 0.811. The monoisotopic (exact) mass is 1660 g/mol. The second-order valence-corrected chi connectivity index (χ2v) is 39.9. The fourth-order valence-corrected chi connectivity index (χ4v) is 22.9. The molecule has 22 aromatic rings. The molecular formula is C120H89BN2O2S2. The topological polar surface area (TPSA) is 32.8 Å². The Morgan fingerprint density at radius 1 is 0.220 bits per heavy atom. The molecule has 24 rings (SSSR count). The maximum absolute atomic E-state index is 7.10. The Labute approximate surface area is 748 Å². The standard InChI is InChI=1S/C120H89BN2O2S2/c1-118(2,3)82-63-79(74-37-17-12-18-38-74)62-80(64-82)75-57-58-100-98(65-75)121-97-47-23-24-48-99(97)122(116-93(85-43-29-51-105-111(85)89-39-19-25-49-103(89)124-105)68-83(119(4,5)6)70-95(116)87-45-31-55-109-113(87)91-41-21-27-53-107(91)126-109)101-66-81(78-60-76(72-33-13-10-14-34-72)59-77(61-78)73-35-15-11-16-36-73)67-102(115(101)121)123(100)117-94(86-44-30-52-106-112(86)90-40-20-26-50-104(90)125-106)69-84(120(7,8)9)71-96(117)88-46-32-56-110-114(88)92-42-22-28-54-108(92)127-110/h10-71H,1-9H3. The number of hydrogen-bond acceptors (Lipinski definition) is 6. The largest absolute Gasteiger partial charge is 0.456 e. The lowest BCUT2D eigenvalue weighted by molar-refractivity contribution is 0.590. The van der Waals surface area contributed by atoms with Gasteiger partial charge in [-0.05, 0) is 249 Å². The molecule has 6 heterocycles. The van der Waals surface area contributed by atoms with E-state index in [1.54, 1.807) is 0 Å². The highest BCUT2D eigenvalue weighted by Crippen LogP contribution is 2.59. The normalized spacial score (nSPS) is 12.9. The van der Waals surface area contributed by atoms with E-state index in [2.05, 4.69) is 448 Å². The molecule has 0 spiro atoms. The van der Waals surface area contributed by atoms with Crippen LogP contribution in [0.25, 0.3) is 184 Å². The van der Waals surface area contributed by atoms with Gasteiger partial charge in [0.2, 0.25) is 0 Å². The molecule has 0 saturated carbocycles. The third kappa shape index (κ3) is 12.5. The van der Waals surface area contributed by atoms with Crippen LogP contribution in [0.1, 0.15) is 79.0 Å². The van der Waals surface area contributed by atoms with Crippen molar-refractivity contribution in [2.45, 2.75) is 78.6 Å². The van der Waals surface area contributed by atoms with E-state index in [0.717, 1.165) is 156 Å². The molecule has 0 aliphatic carbocycles. The second-order valence-electron chi connectivity index (χ2n) is 37.8. The number of nitrogens with zero attached hydrogens (tertiary/aromatic N) is 2. The maximum atomic E-state index is 7.10. The van der Waals surface area contributed by atoms with E-state index in [1.807, 2.05) is 22.7 Å². The van der Waals surface area contributed by atoms with Gasteiger partial charge in [0.25, 0.3) is 6.71 Å². The molecule has 0 N–H and O–H groups in total. The lowest BCUT2D eigenvalue weighted by atomic mass is 9.33. The van der Waals surface area contributed by atoms with E-state index in [-0.39, 0.29) is 23.0 Å². The Hall–Kier alpha value is -14.3. The van der Waals surface area contributed by atoms with Crippen molar-refractivity contribution < 1.29 is 8.83 Å². The van der Waals surface area contributed by atoms with Crippen molar-refractivity contribution in [3.63, 3.8) is 0 Å². The average molecular weight is 1670 g/mol. The lowest BCUT2D eigenvalue weighted by Gasteiger charge is -2.46. The minimum absolute atomic E-state index is 0.183. The van der Waals surface area contributed by atoms with Gasteiger partial charge < -0.3 is 18.6 Å². The van der Waals surface area contributed by atoms with Crippen LogP contribution in [0, 0.1) is 0 Å². The summed E-state index contributed by atoms with van der Waals surface area (Å²) in [5.74, 6) is 0. The number of fused-ring (bicyclic) bond motifs is 16. The zero-order valence-corrected chi connectivity index (χ0v) is 74.0. The van der Waals surface area contributed by atoms with E-state index < -0.39 is 0 Å². The first-order valence-electron chi connectivity index (χ1n) is 44.4. The minimum Gasteiger partial charge on any atom is -0.456 e. The van der Waals surface area contributed by atoms with Crippen LogP contribution in [-0.4, -0.2) is 6.71 Å². The summed E-state index contributed by atoms with van der Waals surface area (Å²) in [5.41, 5.74) is 36.6. The SMILES string of the molecule is CC(C)(C)c1cc(-c2ccccc2)cc(-c2ccc3c(c2)B2c4ccccc4N(c4c(-c5cccc6oc7ccccc7c56)cc(C(C)(C)C)cc4-c4cccc5sc6ccccc6c45)c4cc(-c5cc(-c6ccccc6)cc(-c6ccccc6)c5)cc(c42)N3c2c(-c3cccc4oc5ccccc5c34)cc(C(C)(C)C)cc2-c2cccc3sc4ccccc4c23)c1. The summed E-state index contributed by atoms with van der Waals surface area (Å²) in [5, 5.41) is 9.24. The van der Waals surface area contributed by atoms with Gasteiger partial charge in [-0.15, -0.1) is 22.7 Å². The van der Waals surface area contributed by atoms with Gasteiger partial charge in [-0.3, -0.25) is 0 Å². The van der Waals surface area contributed by atoms with Gasteiger partial charge >= 0.3 is 0 Å². The predicted octanol–water partition coefficient (Wildman–Crippen LogP) is 33.2. The molecule has 0 unspecified atom stereocenters. The highest BCUT2D eigenvalue weighted by atomic mass is 32.1. The molecule has 0 bridgehead atoms. The van der Waals surface area contributed by atoms with Crippen molar-refractivity contribution >= 4 is 164 Å². The van der Waals surface area contributed by atoms with Crippen LogP contribution in [0.2, 0.25) is 0 Å². The predicted molar refractivity (Wildman–Crippen MR) is 546 cm³/mol. The number of para-hydroxylation sites is 3. The number of furan rings is 2. The summed E-state index contributed by atoms with van der Waals surface area (Å²) < 4.78 is 19.1. The molecule has 0 radical (unpaired) electrons. The van der Waals surface area contributed by atoms with Gasteiger partial charge in [0.15, 0.2) is 0 Å². The highest BCUT2D eigenvalue weighted by Gasteiger charge is 2.47. The first kappa shape index (κ1) is 76.3. The third-order valence-corrected chi connectivity index (χ3v) is 29.1. The van der Waals surface area contributed by atoms with Crippen molar-refractivity contribution in [3.8, 4) is 100 Å². The molecule has 0 fully saturated rings. The molecule has 18 aromatic carbocycles. The Balaban J connectivity index is 0.918. The fraction of sp³-hybridized carbons (Fsp3) is 0.100. The van der Waals surface area contributed by atoms with Crippen molar-refractivity contribution in [3.05, 3.63) is 393 Å². The molecule has 2 aliphatic rings. The summed E-state index contributed by atoms with van der Waals surface area (Å²) in [6.07, 6.45) is 0. The molecule has 0 saturated heterocycles. The molecule has 2 aliphatic heterocycles. The summed E-state index contributed by atoms with van der Waals surface area (Å²) >= 11 is 3.75. The number of thiophene rings is 2. The Morgan fingerprint density at radius 3 is 1.00 bits per heavy atom. The minimum atomic E-state index is -0.356. The van der Waals surface area contributed by atoms with E-state index in [0.29, 0.717) is 0 Å². The summed E-state index contributed by atoms with van der Waals surface area (Å²) in [6.45, 7) is 21.0. The first-order chi connectivity index (χ1) is 61.9. The van der Waals surface area contributed by atoms with Crippen LogP contribution in [-0.2, 0) is 16.2 Å². The van der Waals surface area contributed by atoms with Crippen molar-refractivity contribution in [2.24, 2.45) is 0 Å². The highest BCUT2D eigenvalue weighted by molar-refractivity contribution is 7.26. The zero-order valence-electron chi connectivity index (χ0n) is 72.4.